The van der Waals surface area contributed by atoms with E-state index in [0.717, 1.165) is 33.4 Å². The normalized spacial score (nSPS) is 12.9. The SMILES string of the molecule is CC1(C)c2cc3c(cc2-c2ccc4ccccc4c21)c1ccccc1n3-c1cccc(-c2nc(-c3ccccc3)c(C#N)c(-c3ccccc3)n2)c1. The van der Waals surface area contributed by atoms with Gasteiger partial charge >= 0.3 is 0 Å². The number of nitriles is 1. The van der Waals surface area contributed by atoms with E-state index in [1.165, 1.54) is 43.8 Å². The van der Waals surface area contributed by atoms with Crippen molar-refractivity contribution in [2.75, 3.05) is 0 Å². The third-order valence-corrected chi connectivity index (χ3v) is 10.8. The van der Waals surface area contributed by atoms with E-state index in [1.807, 2.05) is 60.7 Å². The van der Waals surface area contributed by atoms with E-state index >= 15 is 0 Å². The summed E-state index contributed by atoms with van der Waals surface area (Å²) < 4.78 is 2.38. The smallest absolute Gasteiger partial charge is 0.160 e. The van der Waals surface area contributed by atoms with Gasteiger partial charge in [0, 0.05) is 38.6 Å². The Morgan fingerprint density at radius 3 is 1.88 bits per heavy atom. The van der Waals surface area contributed by atoms with Crippen molar-refractivity contribution in [3.8, 4) is 56.8 Å². The first kappa shape index (κ1) is 30.0. The second-order valence-corrected chi connectivity index (χ2v) is 14.1. The van der Waals surface area contributed by atoms with Gasteiger partial charge in [-0.15, -0.1) is 0 Å². The van der Waals surface area contributed by atoms with Gasteiger partial charge < -0.3 is 4.57 Å². The predicted octanol–water partition coefficient (Wildman–Crippen LogP) is 11.9. The number of para-hydroxylation sites is 1. The van der Waals surface area contributed by atoms with E-state index in [9.17, 15) is 5.26 Å². The first-order valence-electron chi connectivity index (χ1n) is 17.7. The fraction of sp³-hybridized carbons (Fsp3) is 0.0625. The number of hydrogen-bond acceptors (Lipinski definition) is 3. The van der Waals surface area contributed by atoms with Gasteiger partial charge in [0.2, 0.25) is 0 Å². The van der Waals surface area contributed by atoms with Gasteiger partial charge in [-0.1, -0.05) is 141 Å². The van der Waals surface area contributed by atoms with Crippen LogP contribution in [0.4, 0.5) is 0 Å². The maximum Gasteiger partial charge on any atom is 0.160 e. The lowest BCUT2D eigenvalue weighted by molar-refractivity contribution is 0.667. The molecular weight excluding hydrogens is 633 g/mol. The van der Waals surface area contributed by atoms with Crippen LogP contribution < -0.4 is 0 Å². The summed E-state index contributed by atoms with van der Waals surface area (Å²) >= 11 is 0. The van der Waals surface area contributed by atoms with Crippen molar-refractivity contribution < 1.29 is 0 Å². The molecule has 1 aliphatic carbocycles. The van der Waals surface area contributed by atoms with E-state index in [1.54, 1.807) is 0 Å². The fourth-order valence-electron chi connectivity index (χ4n) is 8.43. The highest BCUT2D eigenvalue weighted by molar-refractivity contribution is 6.12. The standard InChI is InChI=1S/C48H32N4/c1-48(2)41-28-43-39(27-38(41)37-25-24-30-14-9-10-21-35(30)44(37)48)36-22-11-12-23-42(36)52(43)34-20-13-19-33(26-34)47-50-45(31-15-5-3-6-16-31)40(29-49)46(51-47)32-17-7-4-8-18-32/h3-28H,1-2H3. The van der Waals surface area contributed by atoms with E-state index in [2.05, 4.69) is 122 Å². The molecule has 1 aliphatic rings. The lowest BCUT2D eigenvalue weighted by Gasteiger charge is -2.23. The summed E-state index contributed by atoms with van der Waals surface area (Å²) in [5.41, 5.74) is 12.9. The Morgan fingerprint density at radius 2 is 1.17 bits per heavy atom. The molecule has 0 atom stereocenters. The summed E-state index contributed by atoms with van der Waals surface area (Å²) in [6, 6.07) is 57.6. The summed E-state index contributed by atoms with van der Waals surface area (Å²) in [7, 11) is 0. The van der Waals surface area contributed by atoms with Gasteiger partial charge in [-0.2, -0.15) is 5.26 Å². The van der Waals surface area contributed by atoms with Gasteiger partial charge in [0.1, 0.15) is 11.6 Å². The van der Waals surface area contributed by atoms with Crippen LogP contribution in [-0.2, 0) is 5.41 Å². The van der Waals surface area contributed by atoms with E-state index in [4.69, 9.17) is 9.97 Å². The van der Waals surface area contributed by atoms with Gasteiger partial charge in [0.25, 0.3) is 0 Å². The van der Waals surface area contributed by atoms with Crippen molar-refractivity contribution in [2.24, 2.45) is 0 Å². The zero-order valence-corrected chi connectivity index (χ0v) is 28.8. The van der Waals surface area contributed by atoms with Crippen molar-refractivity contribution in [3.63, 3.8) is 0 Å². The largest absolute Gasteiger partial charge is 0.309 e. The van der Waals surface area contributed by atoms with Crippen LogP contribution in [0.2, 0.25) is 0 Å². The van der Waals surface area contributed by atoms with Gasteiger partial charge in [-0.3, -0.25) is 0 Å². The van der Waals surface area contributed by atoms with Crippen LogP contribution >= 0.6 is 0 Å². The molecule has 0 saturated heterocycles. The molecule has 10 rings (SSSR count). The van der Waals surface area contributed by atoms with Crippen LogP contribution in [0, 0.1) is 11.3 Å². The van der Waals surface area contributed by atoms with E-state index in [-0.39, 0.29) is 5.41 Å². The summed E-state index contributed by atoms with van der Waals surface area (Å²) in [5.74, 6) is 0.573. The molecule has 7 aromatic carbocycles. The van der Waals surface area contributed by atoms with Crippen LogP contribution in [-0.4, -0.2) is 14.5 Å². The molecule has 2 heterocycles. The monoisotopic (exact) mass is 664 g/mol. The number of benzene rings is 7. The molecule has 0 fully saturated rings. The van der Waals surface area contributed by atoms with Crippen LogP contribution in [0.1, 0.15) is 30.5 Å². The van der Waals surface area contributed by atoms with E-state index < -0.39 is 0 Å². The highest BCUT2D eigenvalue weighted by atomic mass is 15.0. The molecular formula is C48H32N4. The summed E-state index contributed by atoms with van der Waals surface area (Å²) in [4.78, 5) is 10.2. The Hall–Kier alpha value is -6.83. The lowest BCUT2D eigenvalue weighted by atomic mass is 9.80. The zero-order valence-electron chi connectivity index (χ0n) is 28.8. The molecule has 52 heavy (non-hydrogen) atoms. The first-order chi connectivity index (χ1) is 25.5. The molecule has 0 spiro atoms. The number of nitrogens with zero attached hydrogens (tertiary/aromatic N) is 4. The number of hydrogen-bond donors (Lipinski definition) is 0. The first-order valence-corrected chi connectivity index (χ1v) is 17.7. The molecule has 4 nitrogen and oxygen atoms in total. The quantitative estimate of drug-likeness (QED) is 0.188. The number of aromatic nitrogens is 3. The Kier molecular flexibility index (Phi) is 6.55. The predicted molar refractivity (Wildman–Crippen MR) is 212 cm³/mol. The molecule has 0 amide bonds. The highest BCUT2D eigenvalue weighted by Crippen LogP contribution is 2.53. The van der Waals surface area contributed by atoms with Crippen LogP contribution in [0.15, 0.2) is 158 Å². The zero-order chi connectivity index (χ0) is 35.0. The molecule has 0 radical (unpaired) electrons. The van der Waals surface area contributed by atoms with Crippen LogP contribution in [0.3, 0.4) is 0 Å². The molecule has 0 N–H and O–H groups in total. The second-order valence-electron chi connectivity index (χ2n) is 14.1. The average molecular weight is 665 g/mol. The molecule has 2 aromatic heterocycles. The fourth-order valence-corrected chi connectivity index (χ4v) is 8.43. The van der Waals surface area contributed by atoms with Crippen molar-refractivity contribution in [2.45, 2.75) is 19.3 Å². The van der Waals surface area contributed by atoms with E-state index in [0.29, 0.717) is 22.8 Å². The van der Waals surface area contributed by atoms with Gasteiger partial charge in [-0.25, -0.2) is 9.97 Å². The van der Waals surface area contributed by atoms with Crippen LogP contribution in [0.5, 0.6) is 0 Å². The maximum atomic E-state index is 10.4. The molecule has 244 valence electrons. The Morgan fingerprint density at radius 1 is 0.538 bits per heavy atom. The Balaban J connectivity index is 1.20. The molecule has 0 saturated carbocycles. The summed E-state index contributed by atoms with van der Waals surface area (Å²) in [5, 5.41) is 15.5. The second kappa shape index (κ2) is 11.3. The molecule has 0 unspecified atom stereocenters. The molecule has 0 aliphatic heterocycles. The summed E-state index contributed by atoms with van der Waals surface area (Å²) in [6.07, 6.45) is 0. The Bertz CT molecular complexity index is 2870. The third-order valence-electron chi connectivity index (χ3n) is 10.8. The third kappa shape index (κ3) is 4.39. The number of rotatable bonds is 4. The minimum absolute atomic E-state index is 0.180. The minimum atomic E-state index is -0.180. The van der Waals surface area contributed by atoms with Crippen molar-refractivity contribution >= 4 is 32.6 Å². The topological polar surface area (TPSA) is 54.5 Å². The molecule has 0 bridgehead atoms. The highest BCUT2D eigenvalue weighted by Gasteiger charge is 2.37. The molecule has 9 aromatic rings. The number of fused-ring (bicyclic) bond motifs is 8. The minimum Gasteiger partial charge on any atom is -0.309 e. The van der Waals surface area contributed by atoms with Crippen LogP contribution in [0.25, 0.3) is 83.3 Å². The molecule has 4 heteroatoms. The van der Waals surface area contributed by atoms with Gasteiger partial charge in [0.05, 0.1) is 22.4 Å². The lowest BCUT2D eigenvalue weighted by Crippen LogP contribution is -2.15. The van der Waals surface area contributed by atoms with Crippen molar-refractivity contribution in [1.29, 1.82) is 5.26 Å². The van der Waals surface area contributed by atoms with Gasteiger partial charge in [0.15, 0.2) is 5.82 Å². The average Bonchev–Trinajstić information content (AvgIpc) is 3.65. The Labute approximate surface area is 301 Å². The van der Waals surface area contributed by atoms with Crippen molar-refractivity contribution in [1.82, 2.24) is 14.5 Å². The van der Waals surface area contributed by atoms with Crippen molar-refractivity contribution in [3.05, 3.63) is 174 Å². The summed E-state index contributed by atoms with van der Waals surface area (Å²) in [6.45, 7) is 4.72. The van der Waals surface area contributed by atoms with Gasteiger partial charge in [-0.05, 0) is 63.4 Å². The maximum absolute atomic E-state index is 10.4.